The molecule has 52 heavy (non-hydrogen) atoms. The number of rotatable bonds is 7. The number of halogens is 6. The smallest absolute Gasteiger partial charge is 0.416 e. The van der Waals surface area contributed by atoms with E-state index in [1.807, 2.05) is 0 Å². The topological polar surface area (TPSA) is 199 Å². The maximum absolute atomic E-state index is 15.0. The van der Waals surface area contributed by atoms with E-state index in [0.717, 1.165) is 24.3 Å². The Morgan fingerprint density at radius 1 is 0.635 bits per heavy atom. The summed E-state index contributed by atoms with van der Waals surface area (Å²) in [6.45, 7) is 0. The molecule has 0 saturated heterocycles. The minimum atomic E-state index is -5.26. The molecule has 2 unspecified atom stereocenters. The molecule has 16 heteroatoms. The quantitative estimate of drug-likeness (QED) is 0.0820. The number of fused-ring (bicyclic) bond motifs is 2. The van der Waals surface area contributed by atoms with Crippen LogP contribution in [0.1, 0.15) is 57.3 Å². The van der Waals surface area contributed by atoms with Crippen molar-refractivity contribution in [2.24, 2.45) is 21.7 Å². The molecule has 0 heterocycles. The highest BCUT2D eigenvalue weighted by atomic mass is 19.4. The summed E-state index contributed by atoms with van der Waals surface area (Å²) in [4.78, 5) is 26.3. The van der Waals surface area contributed by atoms with Crippen LogP contribution in [0, 0.1) is 11.0 Å². The number of hydrogen-bond donors (Lipinski definition) is 6. The molecule has 0 fully saturated rings. The first kappa shape index (κ1) is 32.9. The molecule has 8 N–H and O–H groups in total. The molecular weight excluding hydrogens is 694 g/mol. The van der Waals surface area contributed by atoms with Gasteiger partial charge in [0, 0.05) is 24.0 Å². The number of nitrogens with one attached hydrogen (secondary N) is 2. The van der Waals surface area contributed by atoms with Crippen molar-refractivity contribution in [2.75, 3.05) is 0 Å². The fraction of sp³-hybridized carbons (Fsp3) is 0.167. The maximum atomic E-state index is 15.0. The largest absolute Gasteiger partial charge is 0.480 e. The van der Waals surface area contributed by atoms with Gasteiger partial charge in [-0.1, -0.05) is 72.8 Å². The van der Waals surface area contributed by atoms with Crippen LogP contribution in [0.15, 0.2) is 107 Å². The Hall–Kier alpha value is -6.32. The number of aliphatic carboxylic acids is 2. The maximum Gasteiger partial charge on any atom is 0.416 e. The van der Waals surface area contributed by atoms with Gasteiger partial charge in [0.1, 0.15) is 10.8 Å². The van der Waals surface area contributed by atoms with E-state index >= 15 is 26.3 Å². The van der Waals surface area contributed by atoms with Gasteiger partial charge in [-0.15, -0.1) is 0 Å². The highest BCUT2D eigenvalue weighted by Gasteiger charge is 2.53. The highest BCUT2D eigenvalue weighted by molar-refractivity contribution is 5.94. The Kier molecular flexibility index (Phi) is 7.69. The van der Waals surface area contributed by atoms with E-state index in [4.69, 9.17) is 14.3 Å². The number of benzene rings is 4. The zero-order valence-corrected chi connectivity index (χ0v) is 26.4. The standard InChI is InChI=1S/C36H26F6N6O4/c37-35(38,39)25-13-17(9-11-23(25)33(31(49)50)15-27(47-45)29(43)19-5-1-3-7-21(19)33)18-10-12-24(26(14-18)36(40,41)42)34(32(51)52)16-28(48-46)30(44)20-6-2-4-8-22(20)34/h1-14,45-46H,15-16,43-44H2,(H,49,50)(H,51,52)/b47-45+,48-46+. The lowest BCUT2D eigenvalue weighted by Crippen LogP contribution is -2.42. The van der Waals surface area contributed by atoms with Crippen molar-refractivity contribution in [2.45, 2.75) is 36.0 Å². The Labute approximate surface area is 293 Å². The number of nitrogens with two attached hydrogens (primary N) is 2. The molecule has 0 amide bonds. The van der Waals surface area contributed by atoms with Crippen molar-refractivity contribution in [3.8, 4) is 11.1 Å². The summed E-state index contributed by atoms with van der Waals surface area (Å²) in [5.41, 5.74) is 6.92. The van der Waals surface area contributed by atoms with Gasteiger partial charge >= 0.3 is 24.3 Å². The van der Waals surface area contributed by atoms with Crippen molar-refractivity contribution >= 4 is 23.3 Å². The molecule has 0 radical (unpaired) electrons. The number of carbonyl (C=O) groups is 2. The van der Waals surface area contributed by atoms with Crippen LogP contribution >= 0.6 is 0 Å². The lowest BCUT2D eigenvalue weighted by atomic mass is 9.64. The molecule has 0 spiro atoms. The molecule has 0 aliphatic heterocycles. The third kappa shape index (κ3) is 5.20. The lowest BCUT2D eigenvalue weighted by molar-refractivity contribution is -0.146. The van der Waals surface area contributed by atoms with Crippen LogP contribution < -0.4 is 11.5 Å². The van der Waals surface area contributed by atoms with Crippen molar-refractivity contribution in [3.05, 3.63) is 141 Å². The number of allylic oxidation sites excluding steroid dienone is 2. The van der Waals surface area contributed by atoms with Gasteiger partial charge in [-0.25, -0.2) is 11.0 Å². The Morgan fingerprint density at radius 2 is 1.00 bits per heavy atom. The second-order valence-corrected chi connectivity index (χ2v) is 12.3. The van der Waals surface area contributed by atoms with Gasteiger partial charge in [0.25, 0.3) is 0 Å². The summed E-state index contributed by atoms with van der Waals surface area (Å²) < 4.78 is 105. The molecule has 0 aromatic heterocycles. The summed E-state index contributed by atoms with van der Waals surface area (Å²) in [5.74, 6) is -3.46. The van der Waals surface area contributed by atoms with Crippen molar-refractivity contribution < 1.29 is 49.0 Å². The Balaban J connectivity index is 1.60. The molecular formula is C36H26F6N6O4. The van der Waals surface area contributed by atoms with E-state index in [2.05, 4.69) is 21.3 Å². The van der Waals surface area contributed by atoms with Gasteiger partial charge in [0.2, 0.25) is 2.82 Å². The summed E-state index contributed by atoms with van der Waals surface area (Å²) >= 11 is 0. The van der Waals surface area contributed by atoms with Crippen molar-refractivity contribution in [1.29, 1.82) is 11.0 Å². The van der Waals surface area contributed by atoms with Crippen LogP contribution in [0.3, 0.4) is 0 Å². The minimum absolute atomic E-state index is 0.0387. The summed E-state index contributed by atoms with van der Waals surface area (Å²) in [7, 11) is 0. The summed E-state index contributed by atoms with van der Waals surface area (Å²) in [6.07, 6.45) is -12.0. The molecule has 0 saturated carbocycles. The Morgan fingerprint density at radius 3 is 1.33 bits per heavy atom. The molecule has 2 aliphatic rings. The molecule has 4 aromatic rings. The van der Waals surface area contributed by atoms with Gasteiger partial charge in [-0.2, -0.15) is 36.6 Å². The lowest BCUT2D eigenvalue weighted by Gasteiger charge is -2.38. The number of hydrogen-bond acceptors (Lipinski definition) is 8. The van der Waals surface area contributed by atoms with Crippen LogP contribution in [0.5, 0.6) is 0 Å². The van der Waals surface area contributed by atoms with Crippen LogP contribution in [-0.2, 0) is 32.8 Å². The highest BCUT2D eigenvalue weighted by Crippen LogP contribution is 2.53. The average molecular weight is 721 g/mol. The van der Waals surface area contributed by atoms with E-state index in [1.165, 1.54) is 48.5 Å². The summed E-state index contributed by atoms with van der Waals surface area (Å²) in [6, 6.07) is 15.9. The fourth-order valence-electron chi connectivity index (χ4n) is 7.31. The summed E-state index contributed by atoms with van der Waals surface area (Å²) in [5, 5.41) is 28.5. The minimum Gasteiger partial charge on any atom is -0.480 e. The van der Waals surface area contributed by atoms with Crippen LogP contribution in [0.4, 0.5) is 26.3 Å². The monoisotopic (exact) mass is 720 g/mol. The van der Waals surface area contributed by atoms with Crippen LogP contribution in [0.25, 0.3) is 22.5 Å². The second-order valence-electron chi connectivity index (χ2n) is 12.3. The SMILES string of the molecule is [H]/N=N/C1=C(N)c2ccccc2C(C(=O)O)(c2ccc(-c3ccc(C4(C(=O)O)CC(/N=N/[H])=C(N)c5ccccc54)c(C(F)(F)F)c3)cc2C(F)(F)F)C1. The predicted octanol–water partition coefficient (Wildman–Crippen LogP) is 8.26. The average Bonchev–Trinajstić information content (AvgIpc) is 3.13. The predicted molar refractivity (Wildman–Crippen MR) is 173 cm³/mol. The first-order chi connectivity index (χ1) is 25.4. The van der Waals surface area contributed by atoms with Crippen LogP contribution in [-0.4, -0.2) is 22.2 Å². The second kappa shape index (κ2) is 12.2. The van der Waals surface area contributed by atoms with Gasteiger partial charge in [-0.3, -0.25) is 9.59 Å². The zero-order chi connectivity index (χ0) is 39.4. The van der Waals surface area contributed by atoms with Gasteiger partial charge in [-0.05, 0) is 45.5 Å². The third-order valence-corrected chi connectivity index (χ3v) is 9.72. The van der Waals surface area contributed by atoms with E-state index in [0.29, 0.717) is 12.1 Å². The Bertz CT molecular complexity index is 2200. The fourth-order valence-corrected chi connectivity index (χ4v) is 7.31. The number of carboxylic acid groups (broad SMARTS) is 2. The number of nitrogens with zero attached hydrogens (tertiary/aromatic N) is 2. The zero-order valence-electron chi connectivity index (χ0n) is 28.4. The van der Waals surface area contributed by atoms with E-state index < -0.39 is 81.3 Å². The van der Waals surface area contributed by atoms with E-state index in [-0.39, 0.29) is 45.0 Å². The number of carboxylic acids is 2. The molecule has 10 nitrogen and oxygen atoms in total. The molecule has 266 valence electrons. The van der Waals surface area contributed by atoms with Gasteiger partial charge in [0.05, 0.1) is 33.9 Å². The normalized spacial score (nSPS) is 21.2. The first-order valence-electron chi connectivity index (χ1n) is 16.1. The van der Waals surface area contributed by atoms with Crippen LogP contribution in [0.2, 0.25) is 2.82 Å². The van der Waals surface area contributed by atoms with E-state index in [9.17, 15) is 19.8 Å². The molecule has 2 atom stereocenters. The molecule has 0 bridgehead atoms. The van der Waals surface area contributed by atoms with Crippen molar-refractivity contribution in [1.82, 2.24) is 0 Å². The van der Waals surface area contributed by atoms with Gasteiger partial charge in [0.15, 0.2) is 0 Å². The van der Waals surface area contributed by atoms with Gasteiger partial charge < -0.3 is 21.7 Å². The number of alkyl halides is 6. The molecule has 2 aliphatic carbocycles. The molecule has 4 aromatic carbocycles. The molecule has 6 rings (SSSR count). The van der Waals surface area contributed by atoms with E-state index in [1.54, 1.807) is 0 Å². The van der Waals surface area contributed by atoms with Crippen molar-refractivity contribution in [3.63, 3.8) is 0 Å². The third-order valence-electron chi connectivity index (χ3n) is 9.72. The first-order valence-corrected chi connectivity index (χ1v) is 15.2.